The number of anilines is 2. The Balaban J connectivity index is 1.63. The predicted molar refractivity (Wildman–Crippen MR) is 93.9 cm³/mol. The van der Waals surface area contributed by atoms with Crippen molar-refractivity contribution < 1.29 is 9.53 Å². The van der Waals surface area contributed by atoms with Crippen LogP contribution in [0.1, 0.15) is 10.5 Å². The molecule has 1 aromatic carbocycles. The summed E-state index contributed by atoms with van der Waals surface area (Å²) in [6, 6.07) is 11.3. The fraction of sp³-hybridized carbons (Fsp3) is 0.333. The zero-order chi connectivity index (χ0) is 16.9. The van der Waals surface area contributed by atoms with Gasteiger partial charge in [0.05, 0.1) is 19.0 Å². The number of benzene rings is 1. The highest BCUT2D eigenvalue weighted by Crippen LogP contribution is 2.19. The quantitative estimate of drug-likeness (QED) is 0.934. The molecule has 0 bridgehead atoms. The second-order valence-corrected chi connectivity index (χ2v) is 5.88. The first-order valence-electron chi connectivity index (χ1n) is 8.00. The van der Waals surface area contributed by atoms with Crippen molar-refractivity contribution in [1.29, 1.82) is 0 Å². The van der Waals surface area contributed by atoms with Gasteiger partial charge in [0.15, 0.2) is 0 Å². The van der Waals surface area contributed by atoms with Crippen LogP contribution in [0.2, 0.25) is 0 Å². The lowest BCUT2D eigenvalue weighted by Gasteiger charge is -2.32. The lowest BCUT2D eigenvalue weighted by molar-refractivity contribution is 0.0658. The molecule has 6 heteroatoms. The highest BCUT2D eigenvalue weighted by atomic mass is 16.5. The van der Waals surface area contributed by atoms with Crippen LogP contribution in [0.5, 0.6) is 5.75 Å². The van der Waals surface area contributed by atoms with Gasteiger partial charge in [-0.3, -0.25) is 4.79 Å². The zero-order valence-corrected chi connectivity index (χ0v) is 14.0. The van der Waals surface area contributed by atoms with Crippen molar-refractivity contribution in [3.63, 3.8) is 0 Å². The summed E-state index contributed by atoms with van der Waals surface area (Å²) in [6.45, 7) is 3.32. The third-order valence-corrected chi connectivity index (χ3v) is 4.15. The molecule has 0 aliphatic carbocycles. The van der Waals surface area contributed by atoms with Crippen molar-refractivity contribution in [2.24, 2.45) is 0 Å². The molecule has 1 saturated heterocycles. The summed E-state index contributed by atoms with van der Waals surface area (Å²) in [5.41, 5.74) is 2.27. The van der Waals surface area contributed by atoms with Gasteiger partial charge in [0.1, 0.15) is 11.4 Å². The Morgan fingerprint density at radius 3 is 2.29 bits per heavy atom. The van der Waals surface area contributed by atoms with Crippen LogP contribution in [0.15, 0.2) is 42.6 Å². The van der Waals surface area contributed by atoms with Crippen LogP contribution >= 0.6 is 0 Å². The number of amides is 1. The average molecular weight is 326 g/mol. The molecular weight excluding hydrogens is 304 g/mol. The number of carbonyl (C=O) groups is 1. The van der Waals surface area contributed by atoms with Gasteiger partial charge in [-0.25, -0.2) is 4.98 Å². The minimum absolute atomic E-state index is 0.000836. The zero-order valence-electron chi connectivity index (χ0n) is 14.0. The molecule has 1 amide bonds. The molecule has 24 heavy (non-hydrogen) atoms. The molecule has 1 aromatic heterocycles. The number of rotatable bonds is 4. The van der Waals surface area contributed by atoms with Gasteiger partial charge in [0.2, 0.25) is 0 Å². The number of carbonyl (C=O) groups excluding carboxylic acids is 1. The van der Waals surface area contributed by atoms with Gasteiger partial charge in [-0.15, -0.1) is 0 Å². The highest BCUT2D eigenvalue weighted by molar-refractivity contribution is 5.92. The van der Waals surface area contributed by atoms with E-state index in [1.807, 2.05) is 35.2 Å². The van der Waals surface area contributed by atoms with Crippen molar-refractivity contribution >= 4 is 17.3 Å². The maximum absolute atomic E-state index is 12.5. The van der Waals surface area contributed by atoms with E-state index < -0.39 is 0 Å². The van der Waals surface area contributed by atoms with Gasteiger partial charge < -0.3 is 19.9 Å². The summed E-state index contributed by atoms with van der Waals surface area (Å²) in [4.78, 5) is 20.8. The van der Waals surface area contributed by atoms with Crippen LogP contribution < -0.4 is 10.1 Å². The monoisotopic (exact) mass is 326 g/mol. The van der Waals surface area contributed by atoms with E-state index in [1.54, 1.807) is 19.4 Å². The Kier molecular flexibility index (Phi) is 4.96. The molecule has 1 aliphatic heterocycles. The topological polar surface area (TPSA) is 57.7 Å². The fourth-order valence-electron chi connectivity index (χ4n) is 2.61. The molecule has 0 radical (unpaired) electrons. The molecule has 126 valence electrons. The van der Waals surface area contributed by atoms with Crippen LogP contribution in [0, 0.1) is 0 Å². The largest absolute Gasteiger partial charge is 0.497 e. The highest BCUT2D eigenvalue weighted by Gasteiger charge is 2.21. The first-order chi connectivity index (χ1) is 11.7. The summed E-state index contributed by atoms with van der Waals surface area (Å²) in [6.07, 6.45) is 1.69. The Labute approximate surface area is 142 Å². The Morgan fingerprint density at radius 1 is 1.04 bits per heavy atom. The van der Waals surface area contributed by atoms with Crippen LogP contribution in [0.3, 0.4) is 0 Å². The number of ether oxygens (including phenoxy) is 1. The lowest BCUT2D eigenvalue weighted by atomic mass is 10.2. The van der Waals surface area contributed by atoms with Gasteiger partial charge in [0.25, 0.3) is 5.91 Å². The second-order valence-electron chi connectivity index (χ2n) is 5.88. The van der Waals surface area contributed by atoms with E-state index in [1.165, 1.54) is 0 Å². The molecule has 0 unspecified atom stereocenters. The van der Waals surface area contributed by atoms with Gasteiger partial charge in [-0.2, -0.15) is 0 Å². The van der Waals surface area contributed by atoms with Crippen molar-refractivity contribution in [2.75, 3.05) is 45.7 Å². The molecule has 1 fully saturated rings. The lowest BCUT2D eigenvalue weighted by Crippen LogP contribution is -2.47. The summed E-state index contributed by atoms with van der Waals surface area (Å²) in [5.74, 6) is 0.811. The molecule has 2 heterocycles. The first-order valence-corrected chi connectivity index (χ1v) is 8.00. The SMILES string of the molecule is COc1ccc(Nc2ccc(C(=O)N3CCN(C)CC3)nc2)cc1. The second kappa shape index (κ2) is 7.31. The molecule has 0 saturated carbocycles. The first kappa shape index (κ1) is 16.3. The molecule has 3 rings (SSSR count). The predicted octanol–water partition coefficient (Wildman–Crippen LogP) is 2.22. The van der Waals surface area contributed by atoms with Gasteiger partial charge in [-0.1, -0.05) is 0 Å². The molecule has 2 aromatic rings. The Hall–Kier alpha value is -2.60. The fourth-order valence-corrected chi connectivity index (χ4v) is 2.61. The molecule has 1 N–H and O–H groups in total. The smallest absolute Gasteiger partial charge is 0.272 e. The van der Waals surface area contributed by atoms with E-state index in [0.717, 1.165) is 43.3 Å². The van der Waals surface area contributed by atoms with Gasteiger partial charge in [0, 0.05) is 31.9 Å². The van der Waals surface area contributed by atoms with Crippen LogP contribution in [0.25, 0.3) is 0 Å². The summed E-state index contributed by atoms with van der Waals surface area (Å²) < 4.78 is 5.14. The maximum atomic E-state index is 12.5. The minimum Gasteiger partial charge on any atom is -0.497 e. The van der Waals surface area contributed by atoms with Crippen LogP contribution in [-0.4, -0.2) is 61.0 Å². The third kappa shape index (κ3) is 3.83. The molecular formula is C18H22N4O2. The normalized spacial score (nSPS) is 15.2. The Bertz CT molecular complexity index is 677. The molecule has 6 nitrogen and oxygen atoms in total. The summed E-state index contributed by atoms with van der Waals surface area (Å²) in [7, 11) is 3.71. The number of hydrogen-bond donors (Lipinski definition) is 1. The summed E-state index contributed by atoms with van der Waals surface area (Å²) in [5, 5.41) is 3.26. The van der Waals surface area contributed by atoms with Crippen molar-refractivity contribution in [1.82, 2.24) is 14.8 Å². The average Bonchev–Trinajstić information content (AvgIpc) is 2.63. The van der Waals surface area contributed by atoms with Gasteiger partial charge in [-0.05, 0) is 43.4 Å². The van der Waals surface area contributed by atoms with Gasteiger partial charge >= 0.3 is 0 Å². The maximum Gasteiger partial charge on any atom is 0.272 e. The number of aromatic nitrogens is 1. The van der Waals surface area contributed by atoms with E-state index in [2.05, 4.69) is 22.2 Å². The van der Waals surface area contributed by atoms with Crippen molar-refractivity contribution in [3.05, 3.63) is 48.3 Å². The van der Waals surface area contributed by atoms with Crippen LogP contribution in [0.4, 0.5) is 11.4 Å². The number of piperazine rings is 1. The number of nitrogens with zero attached hydrogens (tertiary/aromatic N) is 3. The number of hydrogen-bond acceptors (Lipinski definition) is 5. The van der Waals surface area contributed by atoms with E-state index in [0.29, 0.717) is 5.69 Å². The third-order valence-electron chi connectivity index (χ3n) is 4.15. The van der Waals surface area contributed by atoms with E-state index >= 15 is 0 Å². The van der Waals surface area contributed by atoms with E-state index in [9.17, 15) is 4.79 Å². The standard InChI is InChI=1S/C18H22N4O2/c1-21-9-11-22(12-10-21)18(23)17-8-5-15(13-19-17)20-14-3-6-16(24-2)7-4-14/h3-8,13,20H,9-12H2,1-2H3. The number of nitrogens with one attached hydrogen (secondary N) is 1. The molecule has 0 spiro atoms. The Morgan fingerprint density at radius 2 is 1.71 bits per heavy atom. The number of likely N-dealkylation sites (N-methyl/N-ethyl adjacent to an activating group) is 1. The van der Waals surface area contributed by atoms with Crippen molar-refractivity contribution in [3.8, 4) is 5.75 Å². The molecule has 1 aliphatic rings. The molecule has 0 atom stereocenters. The summed E-state index contributed by atoms with van der Waals surface area (Å²) >= 11 is 0. The van der Waals surface area contributed by atoms with Crippen LogP contribution in [-0.2, 0) is 0 Å². The minimum atomic E-state index is -0.000836. The van der Waals surface area contributed by atoms with Crippen molar-refractivity contribution in [2.45, 2.75) is 0 Å². The number of pyridine rings is 1. The number of methoxy groups -OCH3 is 1. The van der Waals surface area contributed by atoms with E-state index in [-0.39, 0.29) is 5.91 Å². The van der Waals surface area contributed by atoms with E-state index in [4.69, 9.17) is 4.74 Å².